The molecular weight excluding hydrogens is 294 g/mol. The first-order chi connectivity index (χ1) is 9.92. The molecule has 0 unspecified atom stereocenters. The minimum absolute atomic E-state index is 0.0279. The maximum Gasteiger partial charge on any atom is 0.237 e. The zero-order valence-electron chi connectivity index (χ0n) is 12.6. The maximum atomic E-state index is 12.2. The second-order valence-electron chi connectivity index (χ2n) is 5.75. The molecule has 2 saturated heterocycles. The Kier molecular flexibility index (Phi) is 5.59. The molecule has 1 atom stereocenters. The summed E-state index contributed by atoms with van der Waals surface area (Å²) in [5.74, 6) is 0.0411. The van der Waals surface area contributed by atoms with E-state index in [1.165, 1.54) is 4.31 Å². The van der Waals surface area contributed by atoms with E-state index in [1.54, 1.807) is 4.90 Å². The van der Waals surface area contributed by atoms with Crippen LogP contribution in [0.4, 0.5) is 0 Å². The standard InChI is InChI=1S/C13H25N3O4S/c1-2-12(17)10-14-5-7-15(8-6-14)13(18)11-16-4-3-9-21(16,19)20/h12,17H,2-11H2,1H3/t12-/m0/s1. The maximum absolute atomic E-state index is 12.2. The second kappa shape index (κ2) is 7.04. The van der Waals surface area contributed by atoms with Gasteiger partial charge in [0.1, 0.15) is 0 Å². The van der Waals surface area contributed by atoms with Crippen LogP contribution in [0.15, 0.2) is 0 Å². The van der Waals surface area contributed by atoms with Crippen LogP contribution < -0.4 is 0 Å². The predicted octanol–water partition coefficient (Wildman–Crippen LogP) is -1.06. The quantitative estimate of drug-likeness (QED) is 0.698. The van der Waals surface area contributed by atoms with Crippen LogP contribution >= 0.6 is 0 Å². The molecule has 0 aromatic heterocycles. The van der Waals surface area contributed by atoms with Crippen molar-refractivity contribution in [1.29, 1.82) is 0 Å². The molecule has 21 heavy (non-hydrogen) atoms. The van der Waals surface area contributed by atoms with Crippen molar-refractivity contribution in [2.45, 2.75) is 25.9 Å². The van der Waals surface area contributed by atoms with Crippen molar-refractivity contribution < 1.29 is 18.3 Å². The van der Waals surface area contributed by atoms with Crippen LogP contribution in [-0.4, -0.2) is 91.2 Å². The second-order valence-corrected chi connectivity index (χ2v) is 7.84. The van der Waals surface area contributed by atoms with Crippen molar-refractivity contribution >= 4 is 15.9 Å². The van der Waals surface area contributed by atoms with E-state index < -0.39 is 10.0 Å². The minimum atomic E-state index is -3.21. The van der Waals surface area contributed by atoms with Crippen molar-refractivity contribution in [2.24, 2.45) is 0 Å². The lowest BCUT2D eigenvalue weighted by Crippen LogP contribution is -2.52. The first-order valence-corrected chi connectivity index (χ1v) is 9.19. The van der Waals surface area contributed by atoms with Crippen molar-refractivity contribution in [2.75, 3.05) is 51.6 Å². The fraction of sp³-hybridized carbons (Fsp3) is 0.923. The van der Waals surface area contributed by atoms with Crippen molar-refractivity contribution in [3.63, 3.8) is 0 Å². The van der Waals surface area contributed by atoms with Crippen LogP contribution in [0.1, 0.15) is 19.8 Å². The zero-order chi connectivity index (χ0) is 15.5. The van der Waals surface area contributed by atoms with E-state index in [0.717, 1.165) is 19.5 Å². The Balaban J connectivity index is 1.78. The largest absolute Gasteiger partial charge is 0.392 e. The van der Waals surface area contributed by atoms with Crippen LogP contribution in [0, 0.1) is 0 Å². The van der Waals surface area contributed by atoms with E-state index in [4.69, 9.17) is 0 Å². The lowest BCUT2D eigenvalue weighted by molar-refractivity contribution is -0.133. The topological polar surface area (TPSA) is 81.2 Å². The third-order valence-electron chi connectivity index (χ3n) is 4.18. The molecule has 0 aliphatic carbocycles. The molecule has 122 valence electrons. The molecule has 0 aromatic carbocycles. The van der Waals surface area contributed by atoms with Gasteiger partial charge >= 0.3 is 0 Å². The van der Waals surface area contributed by atoms with Gasteiger partial charge in [0.15, 0.2) is 0 Å². The SMILES string of the molecule is CC[C@H](O)CN1CCN(C(=O)CN2CCCS2(=O)=O)CC1. The summed E-state index contributed by atoms with van der Waals surface area (Å²) < 4.78 is 24.7. The summed E-state index contributed by atoms with van der Waals surface area (Å²) in [6, 6.07) is 0. The number of carbonyl (C=O) groups is 1. The Hall–Kier alpha value is -0.700. The van der Waals surface area contributed by atoms with Gasteiger partial charge in [0.2, 0.25) is 15.9 Å². The van der Waals surface area contributed by atoms with Crippen LogP contribution in [-0.2, 0) is 14.8 Å². The molecule has 2 aliphatic rings. The highest BCUT2D eigenvalue weighted by atomic mass is 32.2. The number of piperazine rings is 1. The van der Waals surface area contributed by atoms with E-state index in [-0.39, 0.29) is 24.3 Å². The number of hydrogen-bond donors (Lipinski definition) is 1. The Morgan fingerprint density at radius 3 is 2.38 bits per heavy atom. The van der Waals surface area contributed by atoms with E-state index in [1.807, 2.05) is 6.92 Å². The first kappa shape index (κ1) is 16.7. The third kappa shape index (κ3) is 4.38. The first-order valence-electron chi connectivity index (χ1n) is 7.58. The van der Waals surface area contributed by atoms with Crippen molar-refractivity contribution in [3.05, 3.63) is 0 Å². The molecule has 2 aliphatic heterocycles. The number of hydrogen-bond acceptors (Lipinski definition) is 5. The molecule has 7 nitrogen and oxygen atoms in total. The van der Waals surface area contributed by atoms with Gasteiger partial charge in [-0.2, -0.15) is 4.31 Å². The highest BCUT2D eigenvalue weighted by Crippen LogP contribution is 2.14. The molecule has 0 bridgehead atoms. The lowest BCUT2D eigenvalue weighted by atomic mass is 10.2. The van der Waals surface area contributed by atoms with Gasteiger partial charge in [-0.25, -0.2) is 8.42 Å². The van der Waals surface area contributed by atoms with Gasteiger partial charge in [-0.1, -0.05) is 6.92 Å². The molecule has 2 fully saturated rings. The highest BCUT2D eigenvalue weighted by molar-refractivity contribution is 7.89. The van der Waals surface area contributed by atoms with Gasteiger partial charge < -0.3 is 10.0 Å². The normalized spacial score (nSPS) is 25.1. The van der Waals surface area contributed by atoms with Crippen LogP contribution in [0.2, 0.25) is 0 Å². The van der Waals surface area contributed by atoms with Crippen molar-refractivity contribution in [3.8, 4) is 0 Å². The van der Waals surface area contributed by atoms with Gasteiger partial charge in [0.05, 0.1) is 18.4 Å². The number of aliphatic hydroxyl groups is 1. The monoisotopic (exact) mass is 319 g/mol. The van der Waals surface area contributed by atoms with Crippen LogP contribution in [0.5, 0.6) is 0 Å². The van der Waals surface area contributed by atoms with E-state index in [9.17, 15) is 18.3 Å². The molecule has 0 saturated carbocycles. The van der Waals surface area contributed by atoms with E-state index in [2.05, 4.69) is 4.90 Å². The predicted molar refractivity (Wildman–Crippen MR) is 79.3 cm³/mol. The Morgan fingerprint density at radius 1 is 1.19 bits per heavy atom. The number of amides is 1. The Bertz CT molecular complexity index is 460. The summed E-state index contributed by atoms with van der Waals surface area (Å²) in [6.07, 6.45) is 1.02. The highest BCUT2D eigenvalue weighted by Gasteiger charge is 2.32. The molecule has 0 spiro atoms. The Labute approximate surface area is 126 Å². The number of sulfonamides is 1. The molecule has 2 heterocycles. The smallest absolute Gasteiger partial charge is 0.237 e. The van der Waals surface area contributed by atoms with Crippen molar-refractivity contribution in [1.82, 2.24) is 14.1 Å². The molecule has 1 N–H and O–H groups in total. The molecule has 0 aromatic rings. The number of rotatable bonds is 5. The van der Waals surface area contributed by atoms with Gasteiger partial charge in [0, 0.05) is 39.3 Å². The molecular formula is C13H25N3O4S. The number of aliphatic hydroxyl groups excluding tert-OH is 1. The summed E-state index contributed by atoms with van der Waals surface area (Å²) in [4.78, 5) is 16.0. The molecule has 1 amide bonds. The Morgan fingerprint density at radius 2 is 1.86 bits per heavy atom. The summed E-state index contributed by atoms with van der Waals surface area (Å²) in [7, 11) is -3.21. The summed E-state index contributed by atoms with van der Waals surface area (Å²) >= 11 is 0. The minimum Gasteiger partial charge on any atom is -0.392 e. The molecule has 0 radical (unpaired) electrons. The van der Waals surface area contributed by atoms with E-state index in [0.29, 0.717) is 32.6 Å². The average Bonchev–Trinajstić information content (AvgIpc) is 2.78. The summed E-state index contributed by atoms with van der Waals surface area (Å²) in [5.41, 5.74) is 0. The molecule has 2 rings (SSSR count). The zero-order valence-corrected chi connectivity index (χ0v) is 13.4. The molecule has 8 heteroatoms. The summed E-state index contributed by atoms with van der Waals surface area (Å²) in [5, 5.41) is 9.64. The fourth-order valence-corrected chi connectivity index (χ4v) is 4.19. The third-order valence-corrected chi connectivity index (χ3v) is 6.08. The fourth-order valence-electron chi connectivity index (χ4n) is 2.73. The van der Waals surface area contributed by atoms with Gasteiger partial charge in [-0.15, -0.1) is 0 Å². The van der Waals surface area contributed by atoms with Gasteiger partial charge in [0.25, 0.3) is 0 Å². The van der Waals surface area contributed by atoms with E-state index >= 15 is 0 Å². The summed E-state index contributed by atoms with van der Waals surface area (Å²) in [6.45, 7) is 5.67. The van der Waals surface area contributed by atoms with Gasteiger partial charge in [-0.3, -0.25) is 9.69 Å². The lowest BCUT2D eigenvalue weighted by Gasteiger charge is -2.36. The van der Waals surface area contributed by atoms with Gasteiger partial charge in [-0.05, 0) is 12.8 Å². The average molecular weight is 319 g/mol. The number of nitrogens with zero attached hydrogens (tertiary/aromatic N) is 3. The van der Waals surface area contributed by atoms with Crippen LogP contribution in [0.25, 0.3) is 0 Å². The number of carbonyl (C=O) groups excluding carboxylic acids is 1. The number of β-amino-alcohol motifs (C(OH)–C–C–N with tert-alkyl or cyclic N) is 1. The van der Waals surface area contributed by atoms with Crippen LogP contribution in [0.3, 0.4) is 0 Å².